The predicted molar refractivity (Wildman–Crippen MR) is 155 cm³/mol. The van der Waals surface area contributed by atoms with Crippen LogP contribution in [0, 0.1) is 0 Å². The number of hydrogen-bond acceptors (Lipinski definition) is 1. The van der Waals surface area contributed by atoms with Crippen LogP contribution in [0.2, 0.25) is 0 Å². The van der Waals surface area contributed by atoms with Gasteiger partial charge in [0.2, 0.25) is 0 Å². The molecule has 3 heteroatoms. The highest BCUT2D eigenvalue weighted by molar-refractivity contribution is 6.34. The van der Waals surface area contributed by atoms with Gasteiger partial charge in [-0.25, -0.2) is 4.98 Å². The van der Waals surface area contributed by atoms with E-state index in [1.165, 1.54) is 38.0 Å². The molecule has 0 radical (unpaired) electrons. The van der Waals surface area contributed by atoms with Gasteiger partial charge in [-0.3, -0.25) is 0 Å². The molecule has 0 amide bonds. The number of aromatic nitrogens is 2. The lowest BCUT2D eigenvalue weighted by Gasteiger charge is -2.13. The van der Waals surface area contributed by atoms with Gasteiger partial charge < -0.3 is 4.57 Å². The summed E-state index contributed by atoms with van der Waals surface area (Å²) in [5, 5.41) is 5.12. The van der Waals surface area contributed by atoms with Crippen molar-refractivity contribution in [2.75, 3.05) is 0 Å². The summed E-state index contributed by atoms with van der Waals surface area (Å²) in [7, 11) is 2.17. The van der Waals surface area contributed by atoms with Crippen LogP contribution in [-0.4, -0.2) is 17.4 Å². The molecule has 0 aliphatic rings. The zero-order valence-corrected chi connectivity index (χ0v) is 20.0. The molecule has 2 heterocycles. The van der Waals surface area contributed by atoms with Gasteiger partial charge in [0, 0.05) is 21.9 Å². The SMILES string of the molecule is Bc1ccc2c(c1)c1c3ccccc3ccc1n2-c1cc(-c2ccccc2)nc(-c2ccccc2)c1. The van der Waals surface area contributed by atoms with Crippen molar-refractivity contribution in [2.24, 2.45) is 0 Å². The lowest BCUT2D eigenvalue weighted by atomic mass is 9.94. The highest BCUT2D eigenvalue weighted by Gasteiger charge is 2.17. The fourth-order valence-corrected chi connectivity index (χ4v) is 5.34. The summed E-state index contributed by atoms with van der Waals surface area (Å²) in [6.07, 6.45) is 0. The third kappa shape index (κ3) is 3.32. The van der Waals surface area contributed by atoms with Crippen molar-refractivity contribution in [1.82, 2.24) is 9.55 Å². The molecule has 7 rings (SSSR count). The molecular formula is C33H23BN2. The van der Waals surface area contributed by atoms with E-state index in [1.807, 2.05) is 12.1 Å². The van der Waals surface area contributed by atoms with Crippen molar-refractivity contribution in [3.05, 3.63) is 127 Å². The van der Waals surface area contributed by atoms with Crippen LogP contribution in [0.5, 0.6) is 0 Å². The Hall–Kier alpha value is -4.63. The average molecular weight is 458 g/mol. The zero-order chi connectivity index (χ0) is 24.1. The first-order valence-corrected chi connectivity index (χ1v) is 12.3. The Kier molecular flexibility index (Phi) is 4.75. The summed E-state index contributed by atoms with van der Waals surface area (Å²) in [5.74, 6) is 0. The van der Waals surface area contributed by atoms with Gasteiger partial charge in [0.25, 0.3) is 0 Å². The number of pyridine rings is 1. The lowest BCUT2D eigenvalue weighted by molar-refractivity contribution is 1.16. The Labute approximate surface area is 210 Å². The van der Waals surface area contributed by atoms with Gasteiger partial charge in [-0.2, -0.15) is 0 Å². The van der Waals surface area contributed by atoms with Gasteiger partial charge in [-0.15, -0.1) is 0 Å². The van der Waals surface area contributed by atoms with E-state index in [0.29, 0.717) is 0 Å². The molecule has 0 unspecified atom stereocenters. The quantitative estimate of drug-likeness (QED) is 0.263. The molecule has 0 aliphatic heterocycles. The molecule has 0 saturated heterocycles. The molecule has 2 aromatic heterocycles. The smallest absolute Gasteiger partial charge is 0.139 e. The lowest BCUT2D eigenvalue weighted by Crippen LogP contribution is -2.01. The first-order chi connectivity index (χ1) is 17.8. The molecular weight excluding hydrogens is 435 g/mol. The Morgan fingerprint density at radius 2 is 1.14 bits per heavy atom. The van der Waals surface area contributed by atoms with Gasteiger partial charge >= 0.3 is 0 Å². The molecule has 0 spiro atoms. The summed E-state index contributed by atoms with van der Waals surface area (Å²) in [6, 6.07) is 45.3. The van der Waals surface area contributed by atoms with Gasteiger partial charge in [-0.05, 0) is 35.0 Å². The van der Waals surface area contributed by atoms with Gasteiger partial charge in [-0.1, -0.05) is 109 Å². The maximum atomic E-state index is 5.09. The summed E-state index contributed by atoms with van der Waals surface area (Å²) in [4.78, 5) is 5.09. The molecule has 7 aromatic rings. The summed E-state index contributed by atoms with van der Waals surface area (Å²) < 4.78 is 2.40. The van der Waals surface area contributed by atoms with Gasteiger partial charge in [0.15, 0.2) is 0 Å². The van der Waals surface area contributed by atoms with Crippen LogP contribution in [0.1, 0.15) is 0 Å². The minimum absolute atomic E-state index is 0.967. The monoisotopic (exact) mass is 458 g/mol. The molecule has 2 nitrogen and oxygen atoms in total. The van der Waals surface area contributed by atoms with E-state index in [-0.39, 0.29) is 0 Å². The van der Waals surface area contributed by atoms with Crippen molar-refractivity contribution < 1.29 is 0 Å². The van der Waals surface area contributed by atoms with Crippen molar-refractivity contribution in [1.29, 1.82) is 0 Å². The van der Waals surface area contributed by atoms with Gasteiger partial charge in [0.1, 0.15) is 7.85 Å². The molecule has 0 bridgehead atoms. The van der Waals surface area contributed by atoms with E-state index < -0.39 is 0 Å². The molecule has 0 aliphatic carbocycles. The Morgan fingerprint density at radius 1 is 0.528 bits per heavy atom. The van der Waals surface area contributed by atoms with Crippen molar-refractivity contribution >= 4 is 45.9 Å². The van der Waals surface area contributed by atoms with E-state index in [2.05, 4.69) is 128 Å². The summed E-state index contributed by atoms with van der Waals surface area (Å²) in [5.41, 5.74) is 8.94. The molecule has 0 saturated carbocycles. The fraction of sp³-hybridized carbons (Fsp3) is 0. The largest absolute Gasteiger partial charge is 0.309 e. The minimum Gasteiger partial charge on any atom is -0.309 e. The minimum atomic E-state index is 0.967. The van der Waals surface area contributed by atoms with Crippen LogP contribution in [-0.2, 0) is 0 Å². The molecule has 36 heavy (non-hydrogen) atoms. The van der Waals surface area contributed by atoms with Crippen LogP contribution in [0.4, 0.5) is 0 Å². The molecule has 0 atom stereocenters. The van der Waals surface area contributed by atoms with Crippen LogP contribution < -0.4 is 5.46 Å². The second kappa shape index (κ2) is 8.25. The molecule has 5 aromatic carbocycles. The summed E-state index contributed by atoms with van der Waals surface area (Å²) >= 11 is 0. The van der Waals surface area contributed by atoms with Gasteiger partial charge in [0.05, 0.1) is 28.1 Å². The van der Waals surface area contributed by atoms with Crippen LogP contribution in [0.3, 0.4) is 0 Å². The van der Waals surface area contributed by atoms with Crippen LogP contribution >= 0.6 is 0 Å². The zero-order valence-electron chi connectivity index (χ0n) is 20.0. The average Bonchev–Trinajstić information content (AvgIpc) is 3.27. The van der Waals surface area contributed by atoms with Crippen molar-refractivity contribution in [3.8, 4) is 28.2 Å². The number of benzene rings is 5. The highest BCUT2D eigenvalue weighted by Crippen LogP contribution is 2.37. The van der Waals surface area contributed by atoms with E-state index in [9.17, 15) is 0 Å². The highest BCUT2D eigenvalue weighted by atomic mass is 15.0. The number of hydrogen-bond donors (Lipinski definition) is 0. The van der Waals surface area contributed by atoms with E-state index >= 15 is 0 Å². The Morgan fingerprint density at radius 3 is 1.83 bits per heavy atom. The maximum Gasteiger partial charge on any atom is 0.139 e. The molecule has 168 valence electrons. The van der Waals surface area contributed by atoms with E-state index in [1.54, 1.807) is 0 Å². The number of nitrogens with zero attached hydrogens (tertiary/aromatic N) is 2. The number of fused-ring (bicyclic) bond motifs is 5. The normalized spacial score (nSPS) is 11.4. The molecule has 0 fully saturated rings. The van der Waals surface area contributed by atoms with Crippen LogP contribution in [0.25, 0.3) is 60.8 Å². The summed E-state index contributed by atoms with van der Waals surface area (Å²) in [6.45, 7) is 0. The Bertz CT molecular complexity index is 1830. The first-order valence-electron chi connectivity index (χ1n) is 12.3. The fourth-order valence-electron chi connectivity index (χ4n) is 5.34. The third-order valence-corrected chi connectivity index (χ3v) is 7.02. The second-order valence-electron chi connectivity index (χ2n) is 9.36. The van der Waals surface area contributed by atoms with E-state index in [0.717, 1.165) is 28.2 Å². The Balaban J connectivity index is 1.60. The van der Waals surface area contributed by atoms with Crippen molar-refractivity contribution in [3.63, 3.8) is 0 Å². The predicted octanol–water partition coefficient (Wildman–Crippen LogP) is 6.92. The molecule has 0 N–H and O–H groups in total. The third-order valence-electron chi connectivity index (χ3n) is 7.02. The van der Waals surface area contributed by atoms with Crippen molar-refractivity contribution in [2.45, 2.75) is 0 Å². The first kappa shape index (κ1) is 20.7. The second-order valence-corrected chi connectivity index (χ2v) is 9.36. The number of rotatable bonds is 3. The van der Waals surface area contributed by atoms with Crippen LogP contribution in [0.15, 0.2) is 127 Å². The maximum absolute atomic E-state index is 5.09. The van der Waals surface area contributed by atoms with E-state index in [4.69, 9.17) is 4.98 Å². The standard InChI is InChI=1S/C33H23BN2/c34-25-16-18-31-28(19-25)33-27-14-8-7-9-22(27)15-17-32(33)36(31)26-20-29(23-10-3-1-4-11-23)35-30(21-26)24-12-5-2-6-13-24/h1-21H,34H2. The topological polar surface area (TPSA) is 17.8 Å².